The Morgan fingerprint density at radius 1 is 1.41 bits per heavy atom. The van der Waals surface area contributed by atoms with E-state index in [-0.39, 0.29) is 22.6 Å². The zero-order valence-corrected chi connectivity index (χ0v) is 13.7. The number of carbonyl (C=O) groups is 2. The van der Waals surface area contributed by atoms with E-state index in [0.717, 1.165) is 30.4 Å². The summed E-state index contributed by atoms with van der Waals surface area (Å²) in [6.45, 7) is 0.662. The molecule has 2 fully saturated rings. The van der Waals surface area contributed by atoms with Gasteiger partial charge in [0.05, 0.1) is 10.3 Å². The van der Waals surface area contributed by atoms with Crippen LogP contribution in [-0.4, -0.2) is 49.6 Å². The first-order valence-corrected chi connectivity index (χ1v) is 9.77. The molecule has 0 spiro atoms. The predicted octanol–water partition coefficient (Wildman–Crippen LogP) is 1.48. The maximum Gasteiger partial charge on any atom is 0.311 e. The summed E-state index contributed by atoms with van der Waals surface area (Å²) < 4.78 is 23.2. The summed E-state index contributed by atoms with van der Waals surface area (Å²) in [7, 11) is -3.33. The SMILES string of the molecule is CS(=O)(=O)c1ccc(C(=O)N2C[C@@H]3CCC[C@@]3(C(=O)O)C2)s1. The molecule has 2 atom stereocenters. The van der Waals surface area contributed by atoms with Gasteiger partial charge in [-0.2, -0.15) is 0 Å². The fraction of sp³-hybridized carbons (Fsp3) is 0.571. The number of hydrogen-bond donors (Lipinski definition) is 1. The molecule has 22 heavy (non-hydrogen) atoms. The van der Waals surface area contributed by atoms with Crippen LogP contribution in [0.25, 0.3) is 0 Å². The van der Waals surface area contributed by atoms with Crippen molar-refractivity contribution in [2.45, 2.75) is 23.5 Å². The second-order valence-electron chi connectivity index (χ2n) is 6.13. The summed E-state index contributed by atoms with van der Waals surface area (Å²) in [5.41, 5.74) is -0.813. The molecule has 1 aromatic rings. The first-order valence-electron chi connectivity index (χ1n) is 7.06. The van der Waals surface area contributed by atoms with Crippen molar-refractivity contribution in [3.05, 3.63) is 17.0 Å². The monoisotopic (exact) mass is 343 g/mol. The molecule has 0 unspecified atom stereocenters. The summed E-state index contributed by atoms with van der Waals surface area (Å²) in [5, 5.41) is 9.54. The Labute approximate surface area is 132 Å². The van der Waals surface area contributed by atoms with Gasteiger partial charge in [0.25, 0.3) is 5.91 Å². The van der Waals surface area contributed by atoms with Crippen molar-refractivity contribution in [2.24, 2.45) is 11.3 Å². The fourth-order valence-electron chi connectivity index (χ4n) is 3.58. The number of likely N-dealkylation sites (tertiary alicyclic amines) is 1. The van der Waals surface area contributed by atoms with Crippen LogP contribution >= 0.6 is 11.3 Å². The van der Waals surface area contributed by atoms with Crippen molar-refractivity contribution in [3.8, 4) is 0 Å². The van der Waals surface area contributed by atoms with E-state index in [1.54, 1.807) is 4.90 Å². The minimum absolute atomic E-state index is 0.00305. The van der Waals surface area contributed by atoms with E-state index < -0.39 is 21.2 Å². The number of aliphatic carboxylic acids is 1. The molecule has 0 aromatic carbocycles. The average Bonchev–Trinajstić information content (AvgIpc) is 3.10. The lowest BCUT2D eigenvalue weighted by molar-refractivity contribution is -0.149. The molecular formula is C14H17NO5S2. The van der Waals surface area contributed by atoms with Crippen molar-refractivity contribution in [3.63, 3.8) is 0 Å². The predicted molar refractivity (Wildman–Crippen MR) is 80.7 cm³/mol. The van der Waals surface area contributed by atoms with E-state index in [2.05, 4.69) is 0 Å². The molecule has 3 rings (SSSR count). The van der Waals surface area contributed by atoms with Crippen molar-refractivity contribution in [1.82, 2.24) is 4.90 Å². The maximum atomic E-state index is 12.5. The summed E-state index contributed by atoms with van der Waals surface area (Å²) in [4.78, 5) is 26.1. The molecule has 2 heterocycles. The molecule has 0 bridgehead atoms. The van der Waals surface area contributed by atoms with Gasteiger partial charge in [0.1, 0.15) is 4.21 Å². The zero-order chi connectivity index (χ0) is 16.1. The molecule has 1 aromatic heterocycles. The number of nitrogens with zero attached hydrogens (tertiary/aromatic N) is 1. The highest BCUT2D eigenvalue weighted by Crippen LogP contribution is 2.49. The van der Waals surface area contributed by atoms with Gasteiger partial charge in [0, 0.05) is 19.3 Å². The number of sulfone groups is 1. The van der Waals surface area contributed by atoms with Crippen molar-refractivity contribution in [2.75, 3.05) is 19.3 Å². The average molecular weight is 343 g/mol. The van der Waals surface area contributed by atoms with E-state index in [1.807, 2.05) is 0 Å². The first-order chi connectivity index (χ1) is 10.2. The quantitative estimate of drug-likeness (QED) is 0.897. The molecular weight excluding hydrogens is 326 g/mol. The number of rotatable bonds is 3. The highest BCUT2D eigenvalue weighted by atomic mass is 32.2. The molecule has 1 saturated carbocycles. The van der Waals surface area contributed by atoms with Crippen molar-refractivity contribution >= 4 is 33.1 Å². The Hall–Kier alpha value is -1.41. The van der Waals surface area contributed by atoms with Crippen LogP contribution in [0.5, 0.6) is 0 Å². The highest BCUT2D eigenvalue weighted by Gasteiger charge is 2.55. The molecule has 6 nitrogen and oxygen atoms in total. The largest absolute Gasteiger partial charge is 0.481 e. The number of carboxylic acid groups (broad SMARTS) is 1. The van der Waals surface area contributed by atoms with Gasteiger partial charge in [-0.25, -0.2) is 8.42 Å². The number of carboxylic acids is 1. The second-order valence-corrected chi connectivity index (χ2v) is 9.45. The van der Waals surface area contributed by atoms with Crippen LogP contribution in [0.4, 0.5) is 0 Å². The lowest BCUT2D eigenvalue weighted by Gasteiger charge is -2.23. The van der Waals surface area contributed by atoms with Gasteiger partial charge in [0.15, 0.2) is 9.84 Å². The van der Waals surface area contributed by atoms with E-state index in [1.165, 1.54) is 12.1 Å². The smallest absolute Gasteiger partial charge is 0.311 e. The van der Waals surface area contributed by atoms with Crippen LogP contribution in [0.15, 0.2) is 16.3 Å². The molecule has 1 aliphatic heterocycles. The van der Waals surface area contributed by atoms with Gasteiger partial charge < -0.3 is 10.0 Å². The zero-order valence-electron chi connectivity index (χ0n) is 12.1. The molecule has 1 aliphatic carbocycles. The Morgan fingerprint density at radius 2 is 2.14 bits per heavy atom. The molecule has 1 amide bonds. The number of fused-ring (bicyclic) bond motifs is 1. The molecule has 1 saturated heterocycles. The Morgan fingerprint density at radius 3 is 2.68 bits per heavy atom. The molecule has 2 aliphatic rings. The first kappa shape index (κ1) is 15.5. The number of thiophene rings is 1. The molecule has 120 valence electrons. The van der Waals surface area contributed by atoms with E-state index in [0.29, 0.717) is 17.8 Å². The van der Waals surface area contributed by atoms with Gasteiger partial charge in [-0.15, -0.1) is 11.3 Å². The van der Waals surface area contributed by atoms with Crippen molar-refractivity contribution in [1.29, 1.82) is 0 Å². The Bertz CT molecular complexity index is 738. The maximum absolute atomic E-state index is 12.5. The summed E-state index contributed by atoms with van der Waals surface area (Å²) in [6, 6.07) is 2.93. The Kier molecular flexibility index (Phi) is 3.56. The van der Waals surface area contributed by atoms with Gasteiger partial charge in [-0.05, 0) is 30.9 Å². The number of carbonyl (C=O) groups excluding carboxylic acids is 1. The minimum Gasteiger partial charge on any atom is -0.481 e. The van der Waals surface area contributed by atoms with Gasteiger partial charge in [-0.3, -0.25) is 9.59 Å². The molecule has 0 radical (unpaired) electrons. The molecule has 8 heteroatoms. The van der Waals surface area contributed by atoms with E-state index in [4.69, 9.17) is 0 Å². The van der Waals surface area contributed by atoms with Crippen LogP contribution in [0.1, 0.15) is 28.9 Å². The third-order valence-electron chi connectivity index (χ3n) is 4.74. The van der Waals surface area contributed by atoms with Gasteiger partial charge >= 0.3 is 5.97 Å². The summed E-state index contributed by atoms with van der Waals surface area (Å²) >= 11 is 0.944. The lowest BCUT2D eigenvalue weighted by Crippen LogP contribution is -2.37. The highest BCUT2D eigenvalue weighted by molar-refractivity contribution is 7.92. The lowest BCUT2D eigenvalue weighted by atomic mass is 9.81. The summed E-state index contributed by atoms with van der Waals surface area (Å²) in [6.07, 6.45) is 3.42. The minimum atomic E-state index is -3.33. The third kappa shape index (κ3) is 2.34. The van der Waals surface area contributed by atoms with Crippen LogP contribution in [-0.2, 0) is 14.6 Å². The van der Waals surface area contributed by atoms with Gasteiger partial charge in [-0.1, -0.05) is 6.42 Å². The van der Waals surface area contributed by atoms with Gasteiger partial charge in [0.2, 0.25) is 0 Å². The fourth-order valence-corrected chi connectivity index (χ4v) is 5.48. The standard InChI is InChI=1S/C14H17NO5S2/c1-22(19,20)11-5-4-10(21-11)12(16)15-7-9-3-2-6-14(9,8-15)13(17)18/h4-5,9H,2-3,6-8H2,1H3,(H,17,18)/t9-,14+/m0/s1. The topological polar surface area (TPSA) is 91.8 Å². The summed E-state index contributed by atoms with van der Waals surface area (Å²) in [5.74, 6) is -1.09. The van der Waals surface area contributed by atoms with Crippen LogP contribution < -0.4 is 0 Å². The second kappa shape index (κ2) is 5.06. The Balaban J connectivity index is 1.83. The van der Waals surface area contributed by atoms with Crippen LogP contribution in [0.2, 0.25) is 0 Å². The number of hydrogen-bond acceptors (Lipinski definition) is 5. The third-order valence-corrected chi connectivity index (χ3v) is 7.63. The van der Waals surface area contributed by atoms with Crippen LogP contribution in [0.3, 0.4) is 0 Å². The van der Waals surface area contributed by atoms with Crippen LogP contribution in [0, 0.1) is 11.3 Å². The normalized spacial score (nSPS) is 27.9. The van der Waals surface area contributed by atoms with Crippen molar-refractivity contribution < 1.29 is 23.1 Å². The molecule has 1 N–H and O–H groups in total. The van der Waals surface area contributed by atoms with E-state index in [9.17, 15) is 23.1 Å². The number of amides is 1. The van der Waals surface area contributed by atoms with E-state index >= 15 is 0 Å².